The van der Waals surface area contributed by atoms with Gasteiger partial charge >= 0.3 is 0 Å². The molecule has 0 fully saturated rings. The molecule has 6 heteroatoms. The lowest BCUT2D eigenvalue weighted by atomic mass is 10.1. The van der Waals surface area contributed by atoms with Crippen LogP contribution in [-0.2, 0) is 7.05 Å². The maximum atomic E-state index is 12.8. The van der Waals surface area contributed by atoms with Crippen molar-refractivity contribution in [3.05, 3.63) is 30.0 Å². The van der Waals surface area contributed by atoms with E-state index in [1.807, 2.05) is 45.2 Å². The van der Waals surface area contributed by atoms with Crippen molar-refractivity contribution >= 4 is 34.0 Å². The Morgan fingerprint density at radius 2 is 2.10 bits per heavy atom. The molecule has 0 radical (unpaired) electrons. The predicted octanol–water partition coefficient (Wildman–Crippen LogP) is 2.10. The number of hydrogen-bond donors (Lipinski definition) is 1. The highest BCUT2D eigenvalue weighted by Gasteiger charge is 2.23. The van der Waals surface area contributed by atoms with E-state index in [4.69, 9.17) is 18.0 Å². The number of carbonyl (C=O) groups excluding carboxylic acids is 1. The highest BCUT2D eigenvalue weighted by molar-refractivity contribution is 7.80. The number of carbonyl (C=O) groups is 1. The Hall–Kier alpha value is -1.95. The summed E-state index contributed by atoms with van der Waals surface area (Å²) in [5.74, 6) is -0.0851. The number of aryl methyl sites for hydroxylation is 1. The van der Waals surface area contributed by atoms with E-state index in [9.17, 15) is 4.79 Å². The van der Waals surface area contributed by atoms with Crippen LogP contribution < -0.4 is 5.73 Å². The Morgan fingerprint density at radius 1 is 1.43 bits per heavy atom. The molecule has 0 saturated carbocycles. The van der Waals surface area contributed by atoms with E-state index in [1.165, 1.54) is 0 Å². The lowest BCUT2D eigenvalue weighted by Crippen LogP contribution is -2.39. The summed E-state index contributed by atoms with van der Waals surface area (Å²) in [6.07, 6.45) is 0.518. The maximum Gasteiger partial charge on any atom is 0.275 e. The number of nitrogens with two attached hydrogens (primary N) is 1. The van der Waals surface area contributed by atoms with Crippen molar-refractivity contribution in [2.75, 3.05) is 6.54 Å². The largest absolute Gasteiger partial charge is 0.393 e. The Morgan fingerprint density at radius 3 is 2.71 bits per heavy atom. The highest BCUT2D eigenvalue weighted by Crippen LogP contribution is 2.20. The van der Waals surface area contributed by atoms with Crippen LogP contribution in [0.4, 0.5) is 0 Å². The van der Waals surface area contributed by atoms with Crippen LogP contribution in [0, 0.1) is 0 Å². The van der Waals surface area contributed by atoms with Crippen molar-refractivity contribution in [3.63, 3.8) is 0 Å². The Balaban J connectivity index is 2.37. The third kappa shape index (κ3) is 3.21. The van der Waals surface area contributed by atoms with Gasteiger partial charge in [-0.3, -0.25) is 9.48 Å². The first kappa shape index (κ1) is 15.4. The predicted molar refractivity (Wildman–Crippen MR) is 88.3 cm³/mol. The van der Waals surface area contributed by atoms with Crippen molar-refractivity contribution in [3.8, 4) is 0 Å². The quantitative estimate of drug-likeness (QED) is 0.859. The molecule has 2 aromatic rings. The summed E-state index contributed by atoms with van der Waals surface area (Å²) >= 11 is 4.90. The van der Waals surface area contributed by atoms with Crippen LogP contribution in [0.1, 0.15) is 30.8 Å². The van der Waals surface area contributed by atoms with E-state index in [0.717, 1.165) is 10.9 Å². The molecule has 112 valence electrons. The van der Waals surface area contributed by atoms with Crippen LogP contribution >= 0.6 is 12.2 Å². The van der Waals surface area contributed by atoms with Gasteiger partial charge in [-0.25, -0.2) is 0 Å². The molecule has 0 unspecified atom stereocenters. The average Bonchev–Trinajstić information content (AvgIpc) is 2.76. The van der Waals surface area contributed by atoms with Crippen LogP contribution in [0.2, 0.25) is 0 Å². The zero-order valence-electron chi connectivity index (χ0n) is 12.5. The van der Waals surface area contributed by atoms with Crippen LogP contribution in [0.15, 0.2) is 24.3 Å². The molecule has 5 nitrogen and oxygen atoms in total. The van der Waals surface area contributed by atoms with Gasteiger partial charge in [-0.2, -0.15) is 5.10 Å². The average molecular weight is 304 g/mol. The summed E-state index contributed by atoms with van der Waals surface area (Å²) in [7, 11) is 1.84. The van der Waals surface area contributed by atoms with E-state index in [0.29, 0.717) is 23.6 Å². The Bertz CT molecular complexity index is 677. The lowest BCUT2D eigenvalue weighted by molar-refractivity contribution is 0.0706. The van der Waals surface area contributed by atoms with Gasteiger partial charge in [0, 0.05) is 31.4 Å². The van der Waals surface area contributed by atoms with Crippen molar-refractivity contribution in [2.24, 2.45) is 12.8 Å². The summed E-state index contributed by atoms with van der Waals surface area (Å²) < 4.78 is 1.73. The molecule has 0 spiro atoms. The molecular formula is C15H20N4OS. The first-order valence-corrected chi connectivity index (χ1v) is 7.33. The second-order valence-electron chi connectivity index (χ2n) is 5.30. The Labute approximate surface area is 129 Å². The van der Waals surface area contributed by atoms with Crippen LogP contribution in [0.25, 0.3) is 10.9 Å². The van der Waals surface area contributed by atoms with Gasteiger partial charge in [-0.05, 0) is 19.9 Å². The first-order chi connectivity index (χ1) is 9.91. The number of fused-ring (bicyclic) bond motifs is 1. The standard InChI is InChI=1S/C15H20N4OS/c1-10(2)19(9-8-13(16)21)15(20)14-11-6-4-5-7-12(11)18(3)17-14/h4-7,10H,8-9H2,1-3H3,(H2,16,21). The fourth-order valence-electron chi connectivity index (χ4n) is 2.33. The number of nitrogens with zero attached hydrogens (tertiary/aromatic N) is 3. The zero-order valence-corrected chi connectivity index (χ0v) is 13.4. The lowest BCUT2D eigenvalue weighted by Gasteiger charge is -2.25. The monoisotopic (exact) mass is 304 g/mol. The second kappa shape index (κ2) is 6.22. The molecule has 2 N–H and O–H groups in total. The van der Waals surface area contributed by atoms with Crippen molar-refractivity contribution in [1.29, 1.82) is 0 Å². The van der Waals surface area contributed by atoms with E-state index in [1.54, 1.807) is 9.58 Å². The number of amides is 1. The first-order valence-electron chi connectivity index (χ1n) is 6.92. The van der Waals surface area contributed by atoms with E-state index < -0.39 is 0 Å². The highest BCUT2D eigenvalue weighted by atomic mass is 32.1. The molecule has 1 aromatic heterocycles. The molecule has 0 aliphatic rings. The minimum absolute atomic E-state index is 0.0626. The minimum atomic E-state index is -0.0851. The number of benzene rings is 1. The SMILES string of the molecule is CC(C)N(CCC(N)=S)C(=O)c1nn(C)c2ccccc12. The molecule has 2 rings (SSSR count). The third-order valence-corrected chi connectivity index (χ3v) is 3.65. The number of thiocarbonyl (C=S) groups is 1. The van der Waals surface area contributed by atoms with Gasteiger partial charge < -0.3 is 10.6 Å². The van der Waals surface area contributed by atoms with Crippen molar-refractivity contribution in [1.82, 2.24) is 14.7 Å². The molecule has 0 aliphatic heterocycles. The van der Waals surface area contributed by atoms with Crippen molar-refractivity contribution < 1.29 is 4.79 Å². The molecule has 1 aromatic carbocycles. The molecule has 21 heavy (non-hydrogen) atoms. The van der Waals surface area contributed by atoms with Crippen LogP contribution in [0.3, 0.4) is 0 Å². The minimum Gasteiger partial charge on any atom is -0.393 e. The summed E-state index contributed by atoms with van der Waals surface area (Å²) in [5.41, 5.74) is 6.97. The third-order valence-electron chi connectivity index (χ3n) is 3.44. The van der Waals surface area contributed by atoms with Gasteiger partial charge in [0.1, 0.15) is 0 Å². The number of aromatic nitrogens is 2. The van der Waals surface area contributed by atoms with Crippen LogP contribution in [-0.4, -0.2) is 38.2 Å². The molecule has 0 bridgehead atoms. The van der Waals surface area contributed by atoms with Gasteiger partial charge in [-0.15, -0.1) is 0 Å². The van der Waals surface area contributed by atoms with Gasteiger partial charge in [0.05, 0.1) is 10.5 Å². The molecule has 1 amide bonds. The van der Waals surface area contributed by atoms with E-state index in [-0.39, 0.29) is 11.9 Å². The van der Waals surface area contributed by atoms with Gasteiger partial charge in [0.2, 0.25) is 0 Å². The number of hydrogen-bond acceptors (Lipinski definition) is 3. The normalized spacial score (nSPS) is 11.0. The molecule has 0 atom stereocenters. The zero-order chi connectivity index (χ0) is 15.6. The molecule has 1 heterocycles. The fraction of sp³-hybridized carbons (Fsp3) is 0.400. The fourth-order valence-corrected chi connectivity index (χ4v) is 2.42. The van der Waals surface area contributed by atoms with E-state index in [2.05, 4.69) is 5.10 Å². The van der Waals surface area contributed by atoms with Gasteiger partial charge in [-0.1, -0.05) is 30.4 Å². The van der Waals surface area contributed by atoms with Crippen LogP contribution in [0.5, 0.6) is 0 Å². The molecule has 0 saturated heterocycles. The molecular weight excluding hydrogens is 284 g/mol. The van der Waals surface area contributed by atoms with Gasteiger partial charge in [0.25, 0.3) is 5.91 Å². The second-order valence-corrected chi connectivity index (χ2v) is 5.82. The summed E-state index contributed by atoms with van der Waals surface area (Å²) in [6.45, 7) is 4.46. The topological polar surface area (TPSA) is 64.2 Å². The van der Waals surface area contributed by atoms with E-state index >= 15 is 0 Å². The summed E-state index contributed by atoms with van der Waals surface area (Å²) in [6, 6.07) is 7.78. The van der Waals surface area contributed by atoms with Crippen molar-refractivity contribution in [2.45, 2.75) is 26.3 Å². The smallest absolute Gasteiger partial charge is 0.275 e. The summed E-state index contributed by atoms with van der Waals surface area (Å²) in [4.78, 5) is 15.0. The molecule has 0 aliphatic carbocycles. The Kier molecular flexibility index (Phi) is 4.57. The number of rotatable bonds is 5. The number of para-hydroxylation sites is 1. The summed E-state index contributed by atoms with van der Waals surface area (Å²) in [5, 5.41) is 5.25. The maximum absolute atomic E-state index is 12.8. The van der Waals surface area contributed by atoms with Gasteiger partial charge in [0.15, 0.2) is 5.69 Å².